The Morgan fingerprint density at radius 3 is 2.71 bits per heavy atom. The molecule has 3 heterocycles. The summed E-state index contributed by atoms with van der Waals surface area (Å²) in [4.78, 5) is 22.4. The molecule has 28 heavy (non-hydrogen) atoms. The Kier molecular flexibility index (Phi) is 4.21. The molecule has 0 bridgehead atoms. The number of rotatable bonds is 3. The highest BCUT2D eigenvalue weighted by Gasteiger charge is 2.63. The molecule has 1 aromatic carbocycles. The van der Waals surface area contributed by atoms with Crippen molar-refractivity contribution in [1.82, 2.24) is 14.8 Å². The van der Waals surface area contributed by atoms with Crippen LogP contribution < -0.4 is 0 Å². The molecule has 2 aromatic rings. The van der Waals surface area contributed by atoms with Crippen molar-refractivity contribution in [3.8, 4) is 0 Å². The number of carbonyl (C=O) groups excluding carboxylic acids is 1. The van der Waals surface area contributed by atoms with Crippen LogP contribution in [0.25, 0.3) is 10.8 Å². The summed E-state index contributed by atoms with van der Waals surface area (Å²) in [6, 6.07) is 10.0. The Labute approximate surface area is 166 Å². The lowest BCUT2D eigenvalue weighted by molar-refractivity contribution is -0.0966. The molecule has 1 saturated carbocycles. The molecule has 3 aliphatic rings. The van der Waals surface area contributed by atoms with Crippen LogP contribution in [0, 0.1) is 16.7 Å². The van der Waals surface area contributed by atoms with Crippen LogP contribution in [0.15, 0.2) is 36.5 Å². The zero-order valence-electron chi connectivity index (χ0n) is 16.9. The van der Waals surface area contributed by atoms with Crippen LogP contribution in [0.3, 0.4) is 0 Å². The lowest BCUT2D eigenvalue weighted by Gasteiger charge is -2.58. The van der Waals surface area contributed by atoms with E-state index in [9.17, 15) is 4.79 Å². The molecule has 0 spiro atoms. The average molecular weight is 380 g/mol. The van der Waals surface area contributed by atoms with Gasteiger partial charge in [0.1, 0.15) is 5.69 Å². The van der Waals surface area contributed by atoms with E-state index in [1.807, 2.05) is 36.5 Å². The highest BCUT2D eigenvalue weighted by atomic mass is 16.5. The predicted molar refractivity (Wildman–Crippen MR) is 109 cm³/mol. The monoisotopic (exact) mass is 379 g/mol. The summed E-state index contributed by atoms with van der Waals surface area (Å²) in [5, 5.41) is 2.15. The first-order valence-electron chi connectivity index (χ1n) is 10.4. The van der Waals surface area contributed by atoms with Gasteiger partial charge in [-0.15, -0.1) is 0 Å². The van der Waals surface area contributed by atoms with Crippen LogP contribution in [0.5, 0.6) is 0 Å². The summed E-state index contributed by atoms with van der Waals surface area (Å²) in [7, 11) is 0. The van der Waals surface area contributed by atoms with Gasteiger partial charge in [0.05, 0.1) is 13.2 Å². The SMILES string of the molecule is CC1(C)C[C@]2(CN3CCOCC3)CN(C(=O)c3cc4ccccc4cn3)C[C@H]12. The minimum absolute atomic E-state index is 0.0808. The molecule has 148 valence electrons. The third kappa shape index (κ3) is 2.92. The molecule has 0 radical (unpaired) electrons. The molecule has 5 heteroatoms. The van der Waals surface area contributed by atoms with Crippen molar-refractivity contribution < 1.29 is 9.53 Å². The lowest BCUT2D eigenvalue weighted by atomic mass is 9.48. The molecular formula is C23H29N3O2. The molecule has 1 aromatic heterocycles. The van der Waals surface area contributed by atoms with E-state index in [0.717, 1.165) is 56.7 Å². The Hall–Kier alpha value is -1.98. The van der Waals surface area contributed by atoms with Crippen molar-refractivity contribution in [1.29, 1.82) is 0 Å². The highest BCUT2D eigenvalue weighted by molar-refractivity contribution is 5.96. The van der Waals surface area contributed by atoms with E-state index in [2.05, 4.69) is 28.6 Å². The molecule has 0 N–H and O–H groups in total. The van der Waals surface area contributed by atoms with E-state index in [4.69, 9.17) is 4.74 Å². The number of carbonyl (C=O) groups is 1. The van der Waals surface area contributed by atoms with E-state index in [0.29, 0.717) is 17.0 Å². The second-order valence-corrected chi connectivity index (χ2v) is 9.57. The number of hydrogen-bond acceptors (Lipinski definition) is 4. The quantitative estimate of drug-likeness (QED) is 0.822. The average Bonchev–Trinajstić information content (AvgIpc) is 3.02. The van der Waals surface area contributed by atoms with Crippen molar-refractivity contribution >= 4 is 16.7 Å². The number of morpholine rings is 1. The zero-order valence-corrected chi connectivity index (χ0v) is 16.9. The maximum Gasteiger partial charge on any atom is 0.272 e. The molecule has 2 atom stereocenters. The number of benzene rings is 1. The maximum atomic E-state index is 13.3. The third-order valence-electron chi connectivity index (χ3n) is 7.18. The van der Waals surface area contributed by atoms with Crippen LogP contribution in [0.2, 0.25) is 0 Å². The standard InChI is InChI=1S/C23H29N3O2/c1-22(2)14-23(15-25-7-9-28-10-8-25)16-26(13-20(22)23)21(27)19-11-17-5-3-4-6-18(17)12-24-19/h3-6,11-12,20H,7-10,13-16H2,1-2H3/t20-,23+/m1/s1. The molecule has 5 rings (SSSR count). The number of nitrogens with zero attached hydrogens (tertiary/aromatic N) is 3. The van der Waals surface area contributed by atoms with Crippen molar-refractivity contribution in [2.75, 3.05) is 45.9 Å². The number of pyridine rings is 1. The van der Waals surface area contributed by atoms with E-state index in [-0.39, 0.29) is 11.3 Å². The second kappa shape index (κ2) is 6.53. The van der Waals surface area contributed by atoms with Gasteiger partial charge in [0.25, 0.3) is 5.91 Å². The van der Waals surface area contributed by atoms with Gasteiger partial charge >= 0.3 is 0 Å². The maximum absolute atomic E-state index is 13.3. The highest BCUT2D eigenvalue weighted by Crippen LogP contribution is 2.63. The first-order chi connectivity index (χ1) is 13.5. The minimum Gasteiger partial charge on any atom is -0.379 e. The fourth-order valence-corrected chi connectivity index (χ4v) is 6.06. The van der Waals surface area contributed by atoms with E-state index >= 15 is 0 Å². The Bertz CT molecular complexity index is 906. The van der Waals surface area contributed by atoms with Gasteiger partial charge < -0.3 is 9.64 Å². The van der Waals surface area contributed by atoms with Gasteiger partial charge in [0.2, 0.25) is 0 Å². The van der Waals surface area contributed by atoms with E-state index < -0.39 is 0 Å². The smallest absolute Gasteiger partial charge is 0.272 e. The predicted octanol–water partition coefficient (Wildman–Crippen LogP) is 3.06. The third-order valence-corrected chi connectivity index (χ3v) is 7.18. The van der Waals surface area contributed by atoms with Gasteiger partial charge in [0, 0.05) is 49.7 Å². The topological polar surface area (TPSA) is 45.7 Å². The van der Waals surface area contributed by atoms with E-state index in [1.54, 1.807) is 0 Å². The summed E-state index contributed by atoms with van der Waals surface area (Å²) in [6.07, 6.45) is 3.01. The number of amides is 1. The van der Waals surface area contributed by atoms with Crippen molar-refractivity contribution in [3.05, 3.63) is 42.2 Å². The lowest BCUT2D eigenvalue weighted by Crippen LogP contribution is -2.59. The fourth-order valence-electron chi connectivity index (χ4n) is 6.06. The summed E-state index contributed by atoms with van der Waals surface area (Å²) in [6.45, 7) is 11.2. The minimum atomic E-state index is 0.0808. The van der Waals surface area contributed by atoms with Gasteiger partial charge in [-0.1, -0.05) is 38.1 Å². The van der Waals surface area contributed by atoms with Crippen molar-refractivity contribution in [3.63, 3.8) is 0 Å². The number of aromatic nitrogens is 1. The van der Waals surface area contributed by atoms with Gasteiger partial charge in [-0.05, 0) is 29.2 Å². The van der Waals surface area contributed by atoms with Crippen LogP contribution in [-0.2, 0) is 4.74 Å². The molecule has 2 aliphatic heterocycles. The Morgan fingerprint density at radius 1 is 1.21 bits per heavy atom. The molecular weight excluding hydrogens is 350 g/mol. The molecule has 0 unspecified atom stereocenters. The first-order valence-corrected chi connectivity index (χ1v) is 10.4. The second-order valence-electron chi connectivity index (χ2n) is 9.57. The first kappa shape index (κ1) is 18.1. The van der Waals surface area contributed by atoms with Crippen LogP contribution in [0.4, 0.5) is 0 Å². The Balaban J connectivity index is 1.37. The summed E-state index contributed by atoms with van der Waals surface area (Å²) in [5.74, 6) is 0.643. The summed E-state index contributed by atoms with van der Waals surface area (Å²) < 4.78 is 5.52. The normalized spacial score (nSPS) is 29.5. The number of hydrogen-bond donors (Lipinski definition) is 0. The van der Waals surface area contributed by atoms with Crippen molar-refractivity contribution in [2.45, 2.75) is 20.3 Å². The molecule has 5 nitrogen and oxygen atoms in total. The van der Waals surface area contributed by atoms with Crippen molar-refractivity contribution in [2.24, 2.45) is 16.7 Å². The fraction of sp³-hybridized carbons (Fsp3) is 0.565. The molecule has 1 aliphatic carbocycles. The molecule has 1 amide bonds. The molecule has 3 fully saturated rings. The van der Waals surface area contributed by atoms with Gasteiger partial charge in [0.15, 0.2) is 0 Å². The number of likely N-dealkylation sites (tertiary alicyclic amines) is 1. The van der Waals surface area contributed by atoms with Gasteiger partial charge in [-0.3, -0.25) is 14.7 Å². The van der Waals surface area contributed by atoms with Gasteiger partial charge in [-0.2, -0.15) is 0 Å². The molecule has 2 saturated heterocycles. The van der Waals surface area contributed by atoms with Gasteiger partial charge in [-0.25, -0.2) is 0 Å². The van der Waals surface area contributed by atoms with Crippen LogP contribution in [-0.4, -0.2) is 66.6 Å². The number of ether oxygens (including phenoxy) is 1. The number of fused-ring (bicyclic) bond motifs is 2. The summed E-state index contributed by atoms with van der Waals surface area (Å²) in [5.41, 5.74) is 1.10. The Morgan fingerprint density at radius 2 is 1.96 bits per heavy atom. The largest absolute Gasteiger partial charge is 0.379 e. The van der Waals surface area contributed by atoms with E-state index in [1.165, 1.54) is 6.42 Å². The van der Waals surface area contributed by atoms with Crippen LogP contribution in [0.1, 0.15) is 30.8 Å². The summed E-state index contributed by atoms with van der Waals surface area (Å²) >= 11 is 0. The van der Waals surface area contributed by atoms with Crippen LogP contribution >= 0.6 is 0 Å². The zero-order chi connectivity index (χ0) is 19.4.